The van der Waals surface area contributed by atoms with Gasteiger partial charge in [0.1, 0.15) is 10.6 Å². The summed E-state index contributed by atoms with van der Waals surface area (Å²) < 4.78 is 4.92. The van der Waals surface area contributed by atoms with Gasteiger partial charge in [0, 0.05) is 32.7 Å². The Balaban J connectivity index is 1.97. The van der Waals surface area contributed by atoms with Gasteiger partial charge in [-0.25, -0.2) is 4.98 Å². The lowest BCUT2D eigenvalue weighted by Gasteiger charge is -2.07. The van der Waals surface area contributed by atoms with Crippen molar-refractivity contribution < 1.29 is 14.3 Å². The van der Waals surface area contributed by atoms with Crippen molar-refractivity contribution in [2.24, 2.45) is 0 Å². The van der Waals surface area contributed by atoms with Gasteiger partial charge in [0.25, 0.3) is 11.8 Å². The van der Waals surface area contributed by atoms with Crippen LogP contribution < -0.4 is 10.6 Å². The van der Waals surface area contributed by atoms with E-state index in [1.807, 2.05) is 0 Å². The van der Waals surface area contributed by atoms with Gasteiger partial charge in [-0.3, -0.25) is 14.6 Å². The predicted octanol–water partition coefficient (Wildman–Crippen LogP) is 1.56. The fourth-order valence-electron chi connectivity index (χ4n) is 1.68. The van der Waals surface area contributed by atoms with Crippen LogP contribution in [-0.2, 0) is 4.74 Å². The second-order valence-corrected chi connectivity index (χ2v) is 5.23. The SMILES string of the molecule is COCCCNC(=O)c1sccc1NC(=O)c1cnccn1. The Morgan fingerprint density at radius 3 is 2.91 bits per heavy atom. The molecule has 0 spiro atoms. The molecule has 0 unspecified atom stereocenters. The average Bonchev–Trinajstić information content (AvgIpc) is 3.00. The highest BCUT2D eigenvalue weighted by atomic mass is 32.1. The minimum Gasteiger partial charge on any atom is -0.385 e. The largest absolute Gasteiger partial charge is 0.385 e. The number of carbonyl (C=O) groups excluding carboxylic acids is 2. The number of ether oxygens (including phenoxy) is 1. The summed E-state index contributed by atoms with van der Waals surface area (Å²) in [6.07, 6.45) is 5.02. The second-order valence-electron chi connectivity index (χ2n) is 4.31. The minimum atomic E-state index is -0.403. The van der Waals surface area contributed by atoms with Gasteiger partial charge in [-0.05, 0) is 17.9 Å². The Kier molecular flexibility index (Phi) is 5.99. The monoisotopic (exact) mass is 320 g/mol. The molecule has 0 aliphatic heterocycles. The number of thiophene rings is 1. The van der Waals surface area contributed by atoms with E-state index in [1.54, 1.807) is 18.6 Å². The maximum atomic E-state index is 12.1. The number of nitrogens with zero attached hydrogens (tertiary/aromatic N) is 2. The van der Waals surface area contributed by atoms with Crippen molar-refractivity contribution in [3.63, 3.8) is 0 Å². The van der Waals surface area contributed by atoms with Gasteiger partial charge < -0.3 is 15.4 Å². The molecule has 2 N–H and O–H groups in total. The van der Waals surface area contributed by atoms with Crippen LogP contribution in [0.2, 0.25) is 0 Å². The van der Waals surface area contributed by atoms with E-state index in [1.165, 1.54) is 29.9 Å². The highest BCUT2D eigenvalue weighted by molar-refractivity contribution is 7.12. The number of aromatic nitrogens is 2. The summed E-state index contributed by atoms with van der Waals surface area (Å²) in [5.74, 6) is -0.625. The van der Waals surface area contributed by atoms with E-state index in [4.69, 9.17) is 4.74 Å². The van der Waals surface area contributed by atoms with Gasteiger partial charge in [-0.15, -0.1) is 11.3 Å². The summed E-state index contributed by atoms with van der Waals surface area (Å²) in [5.41, 5.74) is 0.657. The van der Waals surface area contributed by atoms with E-state index >= 15 is 0 Å². The molecule has 2 rings (SSSR count). The standard InChI is InChI=1S/C14H16N4O3S/c1-21-7-2-4-17-14(20)12-10(3-8-22-12)18-13(19)11-9-15-5-6-16-11/h3,5-6,8-9H,2,4,7H2,1H3,(H,17,20)(H,18,19). The van der Waals surface area contributed by atoms with E-state index < -0.39 is 5.91 Å². The molecule has 2 heterocycles. The van der Waals surface area contributed by atoms with Gasteiger partial charge in [0.05, 0.1) is 11.9 Å². The van der Waals surface area contributed by atoms with Crippen LogP contribution in [0, 0.1) is 0 Å². The van der Waals surface area contributed by atoms with Crippen molar-refractivity contribution in [3.05, 3.63) is 40.6 Å². The Labute approximate surface area is 131 Å². The Morgan fingerprint density at radius 2 is 2.18 bits per heavy atom. The molecular formula is C14H16N4O3S. The van der Waals surface area contributed by atoms with Crippen LogP contribution in [0.5, 0.6) is 0 Å². The molecule has 7 nitrogen and oxygen atoms in total. The molecule has 8 heteroatoms. The van der Waals surface area contributed by atoms with Crippen molar-refractivity contribution in [1.29, 1.82) is 0 Å². The highest BCUT2D eigenvalue weighted by Crippen LogP contribution is 2.22. The third-order valence-electron chi connectivity index (χ3n) is 2.73. The van der Waals surface area contributed by atoms with Crippen LogP contribution in [0.25, 0.3) is 0 Å². The first kappa shape index (κ1) is 16.1. The molecule has 2 aromatic heterocycles. The maximum absolute atomic E-state index is 12.1. The molecule has 0 fully saturated rings. The molecule has 0 saturated carbocycles. The summed E-state index contributed by atoms with van der Waals surface area (Å²) in [4.78, 5) is 32.3. The van der Waals surface area contributed by atoms with Crippen LogP contribution in [0.15, 0.2) is 30.0 Å². The lowest BCUT2D eigenvalue weighted by atomic mass is 10.3. The van der Waals surface area contributed by atoms with E-state index in [2.05, 4.69) is 20.6 Å². The molecule has 0 atom stereocenters. The lowest BCUT2D eigenvalue weighted by Crippen LogP contribution is -2.25. The van der Waals surface area contributed by atoms with Crippen molar-refractivity contribution in [2.75, 3.05) is 25.6 Å². The van der Waals surface area contributed by atoms with Crippen molar-refractivity contribution in [2.45, 2.75) is 6.42 Å². The van der Waals surface area contributed by atoms with Crippen LogP contribution in [0.3, 0.4) is 0 Å². The Morgan fingerprint density at radius 1 is 1.32 bits per heavy atom. The van der Waals surface area contributed by atoms with Gasteiger partial charge in [-0.1, -0.05) is 0 Å². The van der Waals surface area contributed by atoms with E-state index in [0.717, 1.165) is 6.42 Å². The fourth-order valence-corrected chi connectivity index (χ4v) is 2.45. The molecule has 0 bridgehead atoms. The highest BCUT2D eigenvalue weighted by Gasteiger charge is 2.16. The molecule has 0 aliphatic rings. The molecule has 0 radical (unpaired) electrons. The van der Waals surface area contributed by atoms with E-state index in [0.29, 0.717) is 23.7 Å². The van der Waals surface area contributed by atoms with Crippen LogP contribution >= 0.6 is 11.3 Å². The van der Waals surface area contributed by atoms with Crippen LogP contribution in [0.4, 0.5) is 5.69 Å². The molecule has 116 valence electrons. The number of methoxy groups -OCH3 is 1. The number of hydrogen-bond donors (Lipinski definition) is 2. The first-order valence-electron chi connectivity index (χ1n) is 6.64. The predicted molar refractivity (Wildman–Crippen MR) is 83.1 cm³/mol. The van der Waals surface area contributed by atoms with Gasteiger partial charge in [0.2, 0.25) is 0 Å². The molecule has 2 aromatic rings. The first-order valence-corrected chi connectivity index (χ1v) is 7.52. The number of amides is 2. The molecule has 0 aromatic carbocycles. The summed E-state index contributed by atoms with van der Waals surface area (Å²) in [5, 5.41) is 7.20. The van der Waals surface area contributed by atoms with Crippen molar-refractivity contribution >= 4 is 28.8 Å². The topological polar surface area (TPSA) is 93.2 Å². The summed E-state index contributed by atoms with van der Waals surface area (Å²) in [6.45, 7) is 1.10. The van der Waals surface area contributed by atoms with Gasteiger partial charge in [-0.2, -0.15) is 0 Å². The van der Waals surface area contributed by atoms with Crippen LogP contribution in [0.1, 0.15) is 26.6 Å². The molecule has 2 amide bonds. The van der Waals surface area contributed by atoms with E-state index in [9.17, 15) is 9.59 Å². The first-order chi connectivity index (χ1) is 10.7. The quantitative estimate of drug-likeness (QED) is 0.755. The average molecular weight is 320 g/mol. The number of rotatable bonds is 7. The molecule has 0 saturated heterocycles. The second kappa shape index (κ2) is 8.20. The summed E-state index contributed by atoms with van der Waals surface area (Å²) >= 11 is 1.26. The molecule has 22 heavy (non-hydrogen) atoms. The zero-order valence-corrected chi connectivity index (χ0v) is 12.9. The molecule has 0 aliphatic carbocycles. The summed E-state index contributed by atoms with van der Waals surface area (Å²) in [7, 11) is 1.61. The van der Waals surface area contributed by atoms with Gasteiger partial charge in [0.15, 0.2) is 0 Å². The number of nitrogens with one attached hydrogen (secondary N) is 2. The van der Waals surface area contributed by atoms with Crippen molar-refractivity contribution in [3.8, 4) is 0 Å². The zero-order valence-electron chi connectivity index (χ0n) is 12.0. The number of hydrogen-bond acceptors (Lipinski definition) is 6. The van der Waals surface area contributed by atoms with Crippen LogP contribution in [-0.4, -0.2) is 42.0 Å². The smallest absolute Gasteiger partial charge is 0.275 e. The fraction of sp³-hybridized carbons (Fsp3) is 0.286. The lowest BCUT2D eigenvalue weighted by molar-refractivity contribution is 0.0953. The maximum Gasteiger partial charge on any atom is 0.275 e. The molecular weight excluding hydrogens is 304 g/mol. The normalized spacial score (nSPS) is 10.2. The third kappa shape index (κ3) is 4.34. The third-order valence-corrected chi connectivity index (χ3v) is 3.64. The Bertz CT molecular complexity index is 630. The van der Waals surface area contributed by atoms with E-state index in [-0.39, 0.29) is 11.6 Å². The summed E-state index contributed by atoms with van der Waals surface area (Å²) in [6, 6.07) is 1.68. The number of anilines is 1. The Hall–Kier alpha value is -2.32. The van der Waals surface area contributed by atoms with Gasteiger partial charge >= 0.3 is 0 Å². The zero-order chi connectivity index (χ0) is 15.8. The minimum absolute atomic E-state index is 0.195. The van der Waals surface area contributed by atoms with Crippen molar-refractivity contribution in [1.82, 2.24) is 15.3 Å². The number of carbonyl (C=O) groups is 2.